The van der Waals surface area contributed by atoms with E-state index in [0.29, 0.717) is 0 Å². The predicted molar refractivity (Wildman–Crippen MR) is 41.3 cm³/mol. The summed E-state index contributed by atoms with van der Waals surface area (Å²) in [6, 6.07) is 5.73. The normalized spacial score (nSPS) is 9.18. The van der Waals surface area contributed by atoms with E-state index in [1.165, 1.54) is 18.2 Å². The molecule has 56 valence electrons. The van der Waals surface area contributed by atoms with Crippen LogP contribution in [0, 0.1) is 11.2 Å². The zero-order chi connectivity index (χ0) is 8.27. The first kappa shape index (κ1) is 7.94. The Kier molecular flexibility index (Phi) is 2.38. The van der Waals surface area contributed by atoms with Crippen LogP contribution in [-0.4, -0.2) is 5.04 Å². The van der Waals surface area contributed by atoms with Crippen molar-refractivity contribution in [1.82, 2.24) is 0 Å². The van der Waals surface area contributed by atoms with Gasteiger partial charge in [0.2, 0.25) is 0 Å². The fourth-order valence-electron chi connectivity index (χ4n) is 0.690. The summed E-state index contributed by atoms with van der Waals surface area (Å²) in [6.07, 6.45) is 0. The van der Waals surface area contributed by atoms with E-state index in [2.05, 4.69) is 0 Å². The van der Waals surface area contributed by atoms with Gasteiger partial charge in [-0.05, 0) is 12.1 Å². The molecule has 1 rings (SSSR count). The molecule has 0 aliphatic carbocycles. The van der Waals surface area contributed by atoms with Crippen LogP contribution in [0.15, 0.2) is 24.3 Å². The molecule has 0 radical (unpaired) electrons. The Bertz CT molecular complexity index is 300. The van der Waals surface area contributed by atoms with Crippen LogP contribution in [0.3, 0.4) is 0 Å². The summed E-state index contributed by atoms with van der Waals surface area (Å²) in [5.74, 6) is -0.527. The highest BCUT2D eigenvalue weighted by molar-refractivity contribution is 7.84. The first-order chi connectivity index (χ1) is 5.25. The largest absolute Gasteiger partial charge is 0.527 e. The molecule has 0 unspecified atom stereocenters. The number of nitrogens with one attached hydrogen (secondary N) is 1. The van der Waals surface area contributed by atoms with E-state index in [-0.39, 0.29) is 22.3 Å². The molecule has 0 amide bonds. The second-order valence-electron chi connectivity index (χ2n) is 1.89. The van der Waals surface area contributed by atoms with E-state index in [0.717, 1.165) is 0 Å². The zero-order valence-corrected chi connectivity index (χ0v) is 6.32. The number of rotatable bonds is 1. The summed E-state index contributed by atoms with van der Waals surface area (Å²) in [4.78, 5) is 0. The van der Waals surface area contributed by atoms with E-state index in [9.17, 15) is 8.60 Å². The Morgan fingerprint density at radius 3 is 2.64 bits per heavy atom. The molecule has 0 atom stereocenters. The van der Waals surface area contributed by atoms with Crippen molar-refractivity contribution in [2.45, 2.75) is 0 Å². The van der Waals surface area contributed by atoms with Crippen LogP contribution in [0.1, 0.15) is 5.56 Å². The third kappa shape index (κ3) is 1.65. The highest BCUT2D eigenvalue weighted by Crippen LogP contribution is 2.05. The van der Waals surface area contributed by atoms with Crippen LogP contribution >= 0.6 is 0 Å². The third-order valence-corrected chi connectivity index (χ3v) is 1.59. The van der Waals surface area contributed by atoms with Crippen LogP contribution in [0.5, 0.6) is 0 Å². The molecular formula is C7H5FNOS+. The van der Waals surface area contributed by atoms with Crippen molar-refractivity contribution >= 4 is 16.7 Å². The van der Waals surface area contributed by atoms with Gasteiger partial charge in [0.1, 0.15) is 11.4 Å². The maximum Gasteiger partial charge on any atom is 0.527 e. The molecule has 0 saturated carbocycles. The van der Waals surface area contributed by atoms with Crippen molar-refractivity contribution < 1.29 is 8.60 Å². The molecule has 0 bridgehead atoms. The van der Waals surface area contributed by atoms with Gasteiger partial charge < -0.3 is 0 Å². The summed E-state index contributed by atoms with van der Waals surface area (Å²) >= 11 is -0.0146. The zero-order valence-electron chi connectivity index (χ0n) is 5.50. The molecule has 0 aromatic heterocycles. The molecule has 0 aliphatic rings. The Morgan fingerprint density at radius 1 is 1.45 bits per heavy atom. The standard InChI is InChI=1S/C7H5FNOS/c8-6-4-2-1-3-5(6)7(9)11-10/h1-4,9H/q+1. The number of hydrogen-bond donors (Lipinski definition) is 1. The lowest BCUT2D eigenvalue weighted by atomic mass is 10.2. The summed E-state index contributed by atoms with van der Waals surface area (Å²) in [7, 11) is 0. The highest BCUT2D eigenvalue weighted by Gasteiger charge is 2.18. The minimum Gasteiger partial charge on any atom is -0.243 e. The topological polar surface area (TPSA) is 40.9 Å². The molecule has 0 aliphatic heterocycles. The Morgan fingerprint density at radius 2 is 2.09 bits per heavy atom. The third-order valence-electron chi connectivity index (χ3n) is 1.20. The van der Waals surface area contributed by atoms with E-state index in [4.69, 9.17) is 5.41 Å². The lowest BCUT2D eigenvalue weighted by molar-refractivity contribution is 0.608. The average molecular weight is 170 g/mol. The van der Waals surface area contributed by atoms with Crippen LogP contribution in [0.2, 0.25) is 0 Å². The molecule has 1 aromatic carbocycles. The van der Waals surface area contributed by atoms with Crippen molar-refractivity contribution in [2.75, 3.05) is 0 Å². The monoisotopic (exact) mass is 170 g/mol. The Balaban J connectivity index is 3.13. The minimum absolute atomic E-state index is 0.0146. The summed E-state index contributed by atoms with van der Waals surface area (Å²) in [6.45, 7) is 0. The van der Waals surface area contributed by atoms with Gasteiger partial charge in [-0.15, -0.1) is 0 Å². The van der Waals surface area contributed by atoms with Gasteiger partial charge in [-0.25, -0.2) is 9.80 Å². The lowest BCUT2D eigenvalue weighted by Crippen LogP contribution is -1.98. The van der Waals surface area contributed by atoms with Gasteiger partial charge in [-0.1, -0.05) is 12.1 Å². The van der Waals surface area contributed by atoms with Crippen molar-refractivity contribution in [3.63, 3.8) is 0 Å². The molecule has 2 nitrogen and oxygen atoms in total. The number of halogens is 1. The SMILES string of the molecule is N=C([S+]=O)c1ccccc1F. The van der Waals surface area contributed by atoms with Gasteiger partial charge in [0.05, 0.1) is 0 Å². The van der Waals surface area contributed by atoms with Gasteiger partial charge in [-0.2, -0.15) is 0 Å². The van der Waals surface area contributed by atoms with Gasteiger partial charge >= 0.3 is 16.7 Å². The fraction of sp³-hybridized carbons (Fsp3) is 0. The first-order valence-electron chi connectivity index (χ1n) is 2.89. The Hall–Kier alpha value is -1.16. The molecule has 4 heteroatoms. The number of hydrogen-bond acceptors (Lipinski definition) is 2. The lowest BCUT2D eigenvalue weighted by Gasteiger charge is -1.89. The fourth-order valence-corrected chi connectivity index (χ4v) is 0.946. The van der Waals surface area contributed by atoms with Crippen molar-refractivity contribution in [3.8, 4) is 0 Å². The van der Waals surface area contributed by atoms with Gasteiger partial charge in [0, 0.05) is 4.21 Å². The summed E-state index contributed by atoms with van der Waals surface area (Å²) in [5.41, 5.74) is 0.0625. The second kappa shape index (κ2) is 3.30. The van der Waals surface area contributed by atoms with E-state index in [1.807, 2.05) is 0 Å². The second-order valence-corrected chi connectivity index (χ2v) is 2.47. The summed E-state index contributed by atoms with van der Waals surface area (Å²) in [5, 5.41) is 6.74. The van der Waals surface area contributed by atoms with Crippen LogP contribution < -0.4 is 0 Å². The van der Waals surface area contributed by atoms with Crippen molar-refractivity contribution in [1.29, 1.82) is 5.41 Å². The molecule has 0 saturated heterocycles. The highest BCUT2D eigenvalue weighted by atomic mass is 32.1. The molecule has 0 spiro atoms. The maximum atomic E-state index is 12.7. The first-order valence-corrected chi connectivity index (χ1v) is 3.63. The van der Waals surface area contributed by atoms with Crippen LogP contribution in [-0.2, 0) is 15.9 Å². The van der Waals surface area contributed by atoms with Crippen molar-refractivity contribution in [2.24, 2.45) is 0 Å². The van der Waals surface area contributed by atoms with Crippen LogP contribution in [0.4, 0.5) is 4.39 Å². The van der Waals surface area contributed by atoms with E-state index < -0.39 is 5.82 Å². The van der Waals surface area contributed by atoms with E-state index >= 15 is 0 Å². The maximum absolute atomic E-state index is 12.7. The molecular weight excluding hydrogens is 165 g/mol. The quantitative estimate of drug-likeness (QED) is 0.388. The van der Waals surface area contributed by atoms with Gasteiger partial charge in [0.25, 0.3) is 0 Å². The predicted octanol–water partition coefficient (Wildman–Crippen LogP) is 1.58. The van der Waals surface area contributed by atoms with Gasteiger partial charge in [-0.3, -0.25) is 0 Å². The Labute approximate surface area is 67.1 Å². The van der Waals surface area contributed by atoms with Crippen molar-refractivity contribution in [3.05, 3.63) is 35.6 Å². The summed E-state index contributed by atoms with van der Waals surface area (Å²) < 4.78 is 22.8. The molecule has 1 aromatic rings. The van der Waals surface area contributed by atoms with Crippen LogP contribution in [0.25, 0.3) is 0 Å². The minimum atomic E-state index is -0.527. The molecule has 0 fully saturated rings. The molecule has 0 heterocycles. The van der Waals surface area contributed by atoms with E-state index in [1.54, 1.807) is 6.07 Å². The molecule has 1 N–H and O–H groups in total. The average Bonchev–Trinajstić information content (AvgIpc) is 2.04. The number of benzene rings is 1. The smallest absolute Gasteiger partial charge is 0.243 e. The van der Waals surface area contributed by atoms with Gasteiger partial charge in [0.15, 0.2) is 0 Å². The molecule has 11 heavy (non-hydrogen) atoms.